The lowest BCUT2D eigenvalue weighted by atomic mass is 10.3. The topological polar surface area (TPSA) is 127 Å². The summed E-state index contributed by atoms with van der Waals surface area (Å²) in [7, 11) is -4.67. The molecule has 2 heterocycles. The van der Waals surface area contributed by atoms with E-state index >= 15 is 0 Å². The third kappa shape index (κ3) is 3.60. The lowest BCUT2D eigenvalue weighted by Crippen LogP contribution is -2.10. The van der Waals surface area contributed by atoms with Gasteiger partial charge in [-0.3, -0.25) is 4.57 Å². The summed E-state index contributed by atoms with van der Waals surface area (Å²) >= 11 is 0. The first-order chi connectivity index (χ1) is 9.79. The maximum Gasteiger partial charge on any atom is 0.332 e. The molecule has 2 aromatic rings. The van der Waals surface area contributed by atoms with Gasteiger partial charge in [-0.25, -0.2) is 15.0 Å². The molecule has 0 amide bonds. The van der Waals surface area contributed by atoms with Gasteiger partial charge >= 0.3 is 7.60 Å². The number of anilines is 1. The van der Waals surface area contributed by atoms with Crippen LogP contribution in [0.15, 0.2) is 24.8 Å². The van der Waals surface area contributed by atoms with Crippen molar-refractivity contribution in [3.63, 3.8) is 0 Å². The molecule has 0 aliphatic heterocycles. The van der Waals surface area contributed by atoms with Crippen LogP contribution in [0.1, 0.15) is 6.42 Å². The molecule has 0 saturated heterocycles. The average Bonchev–Trinajstić information content (AvgIpc) is 2.77. The molecule has 2 rings (SSSR count). The van der Waals surface area contributed by atoms with Crippen molar-refractivity contribution < 1.29 is 23.1 Å². The molecule has 0 radical (unpaired) electrons. The second-order valence-corrected chi connectivity index (χ2v) is 6.11. The highest BCUT2D eigenvalue weighted by Gasteiger charge is 2.27. The highest BCUT2D eigenvalue weighted by atomic mass is 31.2. The van der Waals surface area contributed by atoms with E-state index in [-0.39, 0.29) is 24.9 Å². The third-order valence-corrected chi connectivity index (χ3v) is 4.12. The van der Waals surface area contributed by atoms with Gasteiger partial charge in [-0.2, -0.15) is 8.78 Å². The number of nitrogen functional groups attached to an aromatic ring is 1. The first-order valence-corrected chi connectivity index (χ1v) is 7.46. The number of nitrogens with two attached hydrogens (primary N) is 1. The van der Waals surface area contributed by atoms with E-state index in [0.29, 0.717) is 11.2 Å². The zero-order valence-electron chi connectivity index (χ0n) is 10.6. The number of imidazole rings is 1. The molecule has 0 aromatic carbocycles. The van der Waals surface area contributed by atoms with Gasteiger partial charge in [0, 0.05) is 6.54 Å². The van der Waals surface area contributed by atoms with Crippen LogP contribution in [0.4, 0.5) is 14.6 Å². The summed E-state index contributed by atoms with van der Waals surface area (Å²) in [6, 6.07) is 0. The molecule has 0 bridgehead atoms. The van der Waals surface area contributed by atoms with E-state index < -0.39 is 19.3 Å². The van der Waals surface area contributed by atoms with Crippen molar-refractivity contribution in [1.82, 2.24) is 19.5 Å². The van der Waals surface area contributed by atoms with Crippen LogP contribution >= 0.6 is 7.60 Å². The van der Waals surface area contributed by atoms with Crippen molar-refractivity contribution in [1.29, 1.82) is 0 Å². The maximum atomic E-state index is 12.2. The van der Waals surface area contributed by atoms with Crippen molar-refractivity contribution >= 4 is 24.6 Å². The summed E-state index contributed by atoms with van der Waals surface area (Å²) in [5, 5.41) is 0. The van der Waals surface area contributed by atoms with Gasteiger partial charge in [0.2, 0.25) is 0 Å². The van der Waals surface area contributed by atoms with Crippen molar-refractivity contribution in [2.24, 2.45) is 0 Å². The van der Waals surface area contributed by atoms with E-state index in [0.717, 1.165) is 0 Å². The van der Waals surface area contributed by atoms with E-state index in [2.05, 4.69) is 15.0 Å². The van der Waals surface area contributed by atoms with E-state index in [1.165, 1.54) is 17.2 Å². The zero-order valence-corrected chi connectivity index (χ0v) is 11.5. The smallest absolute Gasteiger partial charge is 0.332 e. The fraction of sp³-hybridized carbons (Fsp3) is 0.300. The van der Waals surface area contributed by atoms with Gasteiger partial charge in [-0.1, -0.05) is 0 Å². The number of hydrogen-bond donors (Lipinski definition) is 3. The van der Waals surface area contributed by atoms with Crippen LogP contribution in [0.3, 0.4) is 0 Å². The Morgan fingerprint density at radius 1 is 1.43 bits per heavy atom. The van der Waals surface area contributed by atoms with E-state index in [9.17, 15) is 13.3 Å². The summed E-state index contributed by atoms with van der Waals surface area (Å²) in [6.07, 6.45) is 0.519. The van der Waals surface area contributed by atoms with Crippen LogP contribution < -0.4 is 5.73 Å². The number of rotatable bonds is 5. The molecule has 21 heavy (non-hydrogen) atoms. The monoisotopic (exact) mass is 319 g/mol. The van der Waals surface area contributed by atoms with Gasteiger partial charge in [0.15, 0.2) is 11.5 Å². The number of nitrogens with zero attached hydrogens (tertiary/aromatic N) is 4. The van der Waals surface area contributed by atoms with Crippen LogP contribution in [-0.4, -0.2) is 35.0 Å². The normalized spacial score (nSPS) is 13.3. The summed E-state index contributed by atoms with van der Waals surface area (Å²) < 4.78 is 37.2. The van der Waals surface area contributed by atoms with Gasteiger partial charge < -0.3 is 20.1 Å². The van der Waals surface area contributed by atoms with Gasteiger partial charge in [0.1, 0.15) is 11.8 Å². The minimum atomic E-state index is -4.67. The summed E-state index contributed by atoms with van der Waals surface area (Å²) in [4.78, 5) is 29.8. The Bertz CT molecular complexity index is 725. The molecule has 11 heteroatoms. The zero-order chi connectivity index (χ0) is 15.6. The standard InChI is InChI=1S/C10H12F2N5O3P/c11-7(12)3-6(21(18,19)20)1-2-17-5-16-8-9(13)14-4-15-10(8)17/h3-6H,1-2H2,(H2,13,14,15)(H2,18,19,20). The van der Waals surface area contributed by atoms with Crippen LogP contribution in [0.25, 0.3) is 11.2 Å². The first-order valence-electron chi connectivity index (χ1n) is 5.78. The second kappa shape index (κ2) is 5.84. The number of aryl methyl sites for hydroxylation is 1. The lowest BCUT2D eigenvalue weighted by molar-refractivity contribution is 0.355. The molecular formula is C10H12F2N5O3P. The highest BCUT2D eigenvalue weighted by Crippen LogP contribution is 2.44. The van der Waals surface area contributed by atoms with Crippen LogP contribution in [0.2, 0.25) is 0 Å². The fourth-order valence-corrected chi connectivity index (χ4v) is 2.59. The molecular weight excluding hydrogens is 307 g/mol. The number of allylic oxidation sites excluding steroid dienone is 1. The molecule has 1 unspecified atom stereocenters. The second-order valence-electron chi connectivity index (χ2n) is 4.27. The molecule has 0 aliphatic rings. The van der Waals surface area contributed by atoms with Crippen molar-refractivity contribution in [3.05, 3.63) is 24.8 Å². The summed E-state index contributed by atoms with van der Waals surface area (Å²) in [5.74, 6) is 0.167. The number of hydrogen-bond acceptors (Lipinski definition) is 5. The number of halogens is 2. The molecule has 2 aromatic heterocycles. The molecule has 0 spiro atoms. The maximum absolute atomic E-state index is 12.2. The third-order valence-electron chi connectivity index (χ3n) is 2.85. The molecule has 0 aliphatic carbocycles. The Morgan fingerprint density at radius 2 is 2.14 bits per heavy atom. The van der Waals surface area contributed by atoms with Crippen LogP contribution in [0, 0.1) is 0 Å². The Morgan fingerprint density at radius 3 is 2.76 bits per heavy atom. The number of aromatic nitrogens is 4. The molecule has 4 N–H and O–H groups in total. The minimum Gasteiger partial charge on any atom is -0.382 e. The van der Waals surface area contributed by atoms with Crippen LogP contribution in [0.5, 0.6) is 0 Å². The van der Waals surface area contributed by atoms with Gasteiger partial charge in [0.05, 0.1) is 12.0 Å². The Kier molecular flexibility index (Phi) is 4.31. The Labute approximate surface area is 117 Å². The first kappa shape index (κ1) is 15.5. The van der Waals surface area contributed by atoms with Crippen LogP contribution in [-0.2, 0) is 11.1 Å². The van der Waals surface area contributed by atoms with Crippen molar-refractivity contribution in [3.8, 4) is 0 Å². The molecule has 0 fully saturated rings. The Hall–Kier alpha value is -1.90. The number of fused-ring (bicyclic) bond motifs is 1. The van der Waals surface area contributed by atoms with Gasteiger partial charge in [0.25, 0.3) is 6.08 Å². The predicted octanol–water partition coefficient (Wildman–Crippen LogP) is 1.13. The summed E-state index contributed by atoms with van der Waals surface area (Å²) in [6.45, 7) is 0.0481. The van der Waals surface area contributed by atoms with E-state index in [1.807, 2.05) is 0 Å². The molecule has 0 saturated carbocycles. The highest BCUT2D eigenvalue weighted by molar-refractivity contribution is 7.52. The average molecular weight is 319 g/mol. The largest absolute Gasteiger partial charge is 0.382 e. The minimum absolute atomic E-state index is 0.0481. The fourth-order valence-electron chi connectivity index (χ4n) is 1.83. The lowest BCUT2D eigenvalue weighted by Gasteiger charge is -2.14. The Balaban J connectivity index is 2.22. The van der Waals surface area contributed by atoms with E-state index in [4.69, 9.17) is 15.5 Å². The molecule has 8 nitrogen and oxygen atoms in total. The molecule has 1 atom stereocenters. The van der Waals surface area contributed by atoms with Gasteiger partial charge in [-0.05, 0) is 12.5 Å². The predicted molar refractivity (Wildman–Crippen MR) is 70.5 cm³/mol. The van der Waals surface area contributed by atoms with Gasteiger partial charge in [-0.15, -0.1) is 0 Å². The molecule has 114 valence electrons. The quantitative estimate of drug-likeness (QED) is 0.705. The summed E-state index contributed by atoms with van der Waals surface area (Å²) in [5.41, 5.74) is 4.75. The van der Waals surface area contributed by atoms with Crippen molar-refractivity contribution in [2.45, 2.75) is 18.6 Å². The van der Waals surface area contributed by atoms with Crippen molar-refractivity contribution in [2.75, 3.05) is 5.73 Å². The SMILES string of the molecule is Nc1ncnc2c1ncn2CCC(C=C(F)F)P(=O)(O)O. The van der Waals surface area contributed by atoms with E-state index in [1.54, 1.807) is 0 Å².